The molecule has 6 fully saturated rings. The van der Waals surface area contributed by atoms with Crippen molar-refractivity contribution in [3.8, 4) is 11.6 Å². The van der Waals surface area contributed by atoms with Gasteiger partial charge >= 0.3 is 0 Å². The summed E-state index contributed by atoms with van der Waals surface area (Å²) in [5.74, 6) is -0.0994. The first-order chi connectivity index (χ1) is 35.3. The number of carbonyl (C=O) groups excluding carboxylic acids is 1. The summed E-state index contributed by atoms with van der Waals surface area (Å²) in [5, 5.41) is 16.7. The van der Waals surface area contributed by atoms with Crippen LogP contribution in [0.4, 0.5) is 28.4 Å². The number of ether oxygens (including phenoxy) is 5. The van der Waals surface area contributed by atoms with Gasteiger partial charge in [-0.1, -0.05) is 38.1 Å². The Bertz CT molecular complexity index is 3110. The lowest BCUT2D eigenvalue weighted by Crippen LogP contribution is -2.66. The maximum atomic E-state index is 14.8. The van der Waals surface area contributed by atoms with Gasteiger partial charge in [0, 0.05) is 72.6 Å². The third-order valence-electron chi connectivity index (χ3n) is 16.9. The average molecular weight is 1020 g/mol. The minimum Gasteiger partial charge on any atom is -0.489 e. The van der Waals surface area contributed by atoms with Gasteiger partial charge in [0.15, 0.2) is 11.4 Å². The number of nitro groups is 1. The average Bonchev–Trinajstić information content (AvgIpc) is 4.13. The van der Waals surface area contributed by atoms with E-state index in [1.54, 1.807) is 12.3 Å². The molecule has 0 bridgehead atoms. The van der Waals surface area contributed by atoms with Crippen molar-refractivity contribution in [3.63, 3.8) is 0 Å². The second kappa shape index (κ2) is 17.8. The molecule has 1 unspecified atom stereocenters. The molecule has 1 amide bonds. The fourth-order valence-corrected chi connectivity index (χ4v) is 14.1. The highest BCUT2D eigenvalue weighted by atomic mass is 32.2. The molecule has 1 spiro atoms. The number of pyridine rings is 1. The summed E-state index contributed by atoms with van der Waals surface area (Å²) in [4.78, 5) is 43.7. The van der Waals surface area contributed by atoms with Gasteiger partial charge in [-0.25, -0.2) is 13.1 Å². The number of nitro benzene ring substituents is 1. The van der Waals surface area contributed by atoms with Gasteiger partial charge in [0.05, 0.1) is 78.3 Å². The highest BCUT2D eigenvalue weighted by Gasteiger charge is 2.55. The SMILES string of the molecule is CC(C)c1ccccc1[C@@H]1CCCN1C1CC2(C1)CN(c1ccc(C(=O)NS(=O)(=O)c3cc4c(c([N+](=O)[O-])c3)N[C@H](C3CN(C5COC5)[C@H](C)CO3)CO4)c(N3c4cc5cc[nH]c5nc4O[C@H]4COC[C@@H]43)c1)C2. The number of H-pyrrole nitrogens is 1. The molecule has 5 aromatic rings. The molecule has 7 aliphatic heterocycles. The van der Waals surface area contributed by atoms with E-state index in [1.165, 1.54) is 30.0 Å². The van der Waals surface area contributed by atoms with Crippen LogP contribution in [0.3, 0.4) is 0 Å². The van der Waals surface area contributed by atoms with Crippen LogP contribution in [0.2, 0.25) is 0 Å². The maximum Gasteiger partial charge on any atom is 0.297 e. The molecule has 0 radical (unpaired) electrons. The number of aromatic amines is 1. The highest BCUT2D eigenvalue weighted by molar-refractivity contribution is 7.90. The zero-order valence-corrected chi connectivity index (χ0v) is 42.0. The summed E-state index contributed by atoms with van der Waals surface area (Å²) >= 11 is 0. The fraction of sp³-hybridized carbons (Fsp3) is 0.509. The lowest BCUT2D eigenvalue weighted by molar-refractivity contribution is -0.384. The molecule has 73 heavy (non-hydrogen) atoms. The van der Waals surface area contributed by atoms with Gasteiger partial charge in [-0.3, -0.25) is 24.7 Å². The molecule has 9 heterocycles. The molecule has 6 atom stereocenters. The second-order valence-corrected chi connectivity index (χ2v) is 23.5. The van der Waals surface area contributed by atoms with Crippen LogP contribution in [-0.2, 0) is 24.2 Å². The molecule has 2 aromatic heterocycles. The summed E-state index contributed by atoms with van der Waals surface area (Å²) in [6.07, 6.45) is 5.65. The number of hydrogen-bond acceptors (Lipinski definition) is 16. The number of fused-ring (bicyclic) bond motifs is 4. The van der Waals surface area contributed by atoms with Crippen LogP contribution in [0.1, 0.15) is 79.9 Å². The monoisotopic (exact) mass is 1020 g/mol. The van der Waals surface area contributed by atoms with Gasteiger partial charge in [0.25, 0.3) is 21.6 Å². The standard InChI is InChI=1S/C53H61N9O10S/c1-30(2)37-7-4-5-8-38(37)41-9-6-14-59(41)34-19-53(20-34)28-58(29-53)33-10-11-39(42(16-33)61-44-15-32-12-13-54-50(32)56-52(44)72-48-27-69-26-45(48)61)51(63)57-73(66,67)36-17-43(62(64)65)49-46(18-36)71-25-40(55-49)47-21-60(31(3)22-70-47)35-23-68-24-35/h4-5,7-8,10-13,15-18,30-31,34-35,40-41,45,47-48,55H,6,9,14,19-29H2,1-3H3,(H,54,56)(H,57,63)/t31-,40+,41+,45+,47?,48+/m1/s1. The van der Waals surface area contributed by atoms with Crippen LogP contribution in [0.15, 0.2) is 77.8 Å². The first kappa shape index (κ1) is 46.7. The second-order valence-electron chi connectivity index (χ2n) is 21.8. The largest absolute Gasteiger partial charge is 0.489 e. The van der Waals surface area contributed by atoms with Crippen molar-refractivity contribution in [1.29, 1.82) is 0 Å². The van der Waals surface area contributed by atoms with Crippen LogP contribution in [0.5, 0.6) is 11.6 Å². The van der Waals surface area contributed by atoms with E-state index in [0.717, 1.165) is 49.6 Å². The predicted octanol–water partition coefficient (Wildman–Crippen LogP) is 6.48. The molecule has 19 nitrogen and oxygen atoms in total. The number of sulfonamides is 1. The Morgan fingerprint density at radius 3 is 2.55 bits per heavy atom. The molecular weight excluding hydrogens is 955 g/mol. The van der Waals surface area contributed by atoms with E-state index >= 15 is 0 Å². The number of carbonyl (C=O) groups is 1. The maximum absolute atomic E-state index is 14.8. The van der Waals surface area contributed by atoms with Crippen LogP contribution in [0, 0.1) is 15.5 Å². The molecular formula is C53H61N9O10S. The zero-order valence-electron chi connectivity index (χ0n) is 41.2. The number of nitrogens with zero attached hydrogens (tertiary/aromatic N) is 6. The van der Waals surface area contributed by atoms with E-state index in [-0.39, 0.29) is 53.3 Å². The number of benzene rings is 3. The van der Waals surface area contributed by atoms with E-state index in [4.69, 9.17) is 28.7 Å². The summed E-state index contributed by atoms with van der Waals surface area (Å²) in [5.41, 5.74) is 5.34. The first-order valence-corrected chi connectivity index (χ1v) is 27.3. The van der Waals surface area contributed by atoms with Gasteiger partial charge in [0.2, 0.25) is 5.88 Å². The van der Waals surface area contributed by atoms with Crippen molar-refractivity contribution < 1.29 is 41.8 Å². The molecule has 1 aliphatic carbocycles. The third kappa shape index (κ3) is 8.06. The Kier molecular flexibility index (Phi) is 11.4. The van der Waals surface area contributed by atoms with E-state index in [0.29, 0.717) is 80.5 Å². The van der Waals surface area contributed by atoms with Crippen LogP contribution >= 0.6 is 0 Å². The summed E-state index contributed by atoms with van der Waals surface area (Å²) in [6, 6.07) is 21.1. The highest BCUT2D eigenvalue weighted by Crippen LogP contribution is 2.55. The molecule has 8 aliphatic rings. The van der Waals surface area contributed by atoms with Gasteiger partial charge in [-0.05, 0) is 86.5 Å². The number of hydrogen-bond donors (Lipinski definition) is 3. The molecule has 3 aromatic carbocycles. The summed E-state index contributed by atoms with van der Waals surface area (Å²) < 4.78 is 61.3. The Labute approximate surface area is 423 Å². The third-order valence-corrected chi connectivity index (χ3v) is 18.2. The molecule has 384 valence electrons. The van der Waals surface area contributed by atoms with Crippen LogP contribution in [-0.4, -0.2) is 147 Å². The number of aromatic nitrogens is 2. The lowest BCUT2D eigenvalue weighted by Gasteiger charge is -2.62. The Morgan fingerprint density at radius 2 is 1.75 bits per heavy atom. The van der Waals surface area contributed by atoms with Crippen molar-refractivity contribution in [2.45, 2.75) is 106 Å². The minimum atomic E-state index is -4.72. The topological polar surface area (TPSA) is 206 Å². The van der Waals surface area contributed by atoms with Gasteiger partial charge < -0.3 is 43.8 Å². The number of morpholine rings is 1. The molecule has 1 saturated carbocycles. The van der Waals surface area contributed by atoms with E-state index in [1.807, 2.05) is 29.2 Å². The summed E-state index contributed by atoms with van der Waals surface area (Å²) in [7, 11) is -4.72. The molecule has 20 heteroatoms. The summed E-state index contributed by atoms with van der Waals surface area (Å²) in [6.45, 7) is 12.5. The zero-order chi connectivity index (χ0) is 49.9. The lowest BCUT2D eigenvalue weighted by atomic mass is 9.60. The van der Waals surface area contributed by atoms with Crippen molar-refractivity contribution in [3.05, 3.63) is 99.7 Å². The molecule has 5 saturated heterocycles. The van der Waals surface area contributed by atoms with E-state index in [9.17, 15) is 23.3 Å². The Morgan fingerprint density at radius 1 is 0.932 bits per heavy atom. The molecule has 13 rings (SSSR count). The van der Waals surface area contributed by atoms with Crippen molar-refractivity contribution in [2.75, 3.05) is 80.9 Å². The van der Waals surface area contributed by atoms with E-state index in [2.05, 4.69) is 74.8 Å². The Balaban J connectivity index is 0.782. The molecule has 3 N–H and O–H groups in total. The number of amides is 1. The number of rotatable bonds is 11. The fourth-order valence-electron chi connectivity index (χ4n) is 13.1. The quantitative estimate of drug-likeness (QED) is 0.0957. The van der Waals surface area contributed by atoms with Crippen molar-refractivity contribution in [2.24, 2.45) is 5.41 Å². The first-order valence-electron chi connectivity index (χ1n) is 25.8. The van der Waals surface area contributed by atoms with Gasteiger partial charge in [0.1, 0.15) is 24.0 Å². The van der Waals surface area contributed by atoms with Crippen molar-refractivity contribution >= 4 is 55.4 Å². The van der Waals surface area contributed by atoms with Crippen molar-refractivity contribution in [1.82, 2.24) is 24.5 Å². The van der Waals surface area contributed by atoms with Crippen LogP contribution < -0.4 is 29.3 Å². The van der Waals surface area contributed by atoms with Gasteiger partial charge in [-0.2, -0.15) is 4.98 Å². The number of anilines is 4. The van der Waals surface area contributed by atoms with E-state index < -0.39 is 43.6 Å². The number of nitrogens with one attached hydrogen (secondary N) is 3. The Hall–Kier alpha value is -6.03. The predicted molar refractivity (Wildman–Crippen MR) is 272 cm³/mol. The number of likely N-dealkylation sites (tertiary alicyclic amines) is 1. The normalized spacial score (nSPS) is 27.0. The smallest absolute Gasteiger partial charge is 0.297 e. The minimum absolute atomic E-state index is 0.0145. The van der Waals surface area contributed by atoms with Gasteiger partial charge in [-0.15, -0.1) is 0 Å². The van der Waals surface area contributed by atoms with Crippen LogP contribution in [0.25, 0.3) is 11.0 Å².